The van der Waals surface area contributed by atoms with Crippen molar-refractivity contribution in [1.29, 1.82) is 0 Å². The van der Waals surface area contributed by atoms with Crippen LogP contribution in [-0.4, -0.2) is 15.1 Å². The third kappa shape index (κ3) is 2.90. The molecular weight excluding hydrogens is 220 g/mol. The van der Waals surface area contributed by atoms with Gasteiger partial charge in [-0.05, 0) is 24.3 Å². The largest absolute Gasteiger partial charge is 0.280 e. The van der Waals surface area contributed by atoms with Crippen LogP contribution in [-0.2, 0) is 5.75 Å². The van der Waals surface area contributed by atoms with Crippen molar-refractivity contribution >= 4 is 16.9 Å². The molecule has 0 saturated carbocycles. The fourth-order valence-electron chi connectivity index (χ4n) is 1.18. The molecule has 3 nitrogen and oxygen atoms in total. The standard InChI is InChI=1S/C12H10N2OS/c15-12(11-6-2-4-8-14-11)16-9-10-5-1-3-7-13-10/h1-8H,9H2. The fraction of sp³-hybridized carbons (Fsp3) is 0.0833. The van der Waals surface area contributed by atoms with E-state index in [1.54, 1.807) is 24.5 Å². The molecule has 2 aromatic rings. The van der Waals surface area contributed by atoms with E-state index in [4.69, 9.17) is 0 Å². The fourth-order valence-corrected chi connectivity index (χ4v) is 1.90. The van der Waals surface area contributed by atoms with Gasteiger partial charge in [0.25, 0.3) is 0 Å². The molecule has 0 bridgehead atoms. The molecule has 0 atom stereocenters. The van der Waals surface area contributed by atoms with E-state index < -0.39 is 0 Å². The van der Waals surface area contributed by atoms with Gasteiger partial charge in [-0.25, -0.2) is 0 Å². The van der Waals surface area contributed by atoms with E-state index in [0.717, 1.165) is 5.69 Å². The summed E-state index contributed by atoms with van der Waals surface area (Å²) in [5.41, 5.74) is 1.39. The van der Waals surface area contributed by atoms with Crippen LogP contribution in [0.2, 0.25) is 0 Å². The van der Waals surface area contributed by atoms with Crippen LogP contribution >= 0.6 is 11.8 Å². The number of aromatic nitrogens is 2. The van der Waals surface area contributed by atoms with Gasteiger partial charge in [0, 0.05) is 18.1 Å². The maximum Gasteiger partial charge on any atom is 0.238 e. The molecule has 0 amide bonds. The van der Waals surface area contributed by atoms with Gasteiger partial charge >= 0.3 is 0 Å². The first-order chi connectivity index (χ1) is 7.86. The lowest BCUT2D eigenvalue weighted by atomic mass is 10.4. The summed E-state index contributed by atoms with van der Waals surface area (Å²) in [6, 6.07) is 11.0. The third-order valence-electron chi connectivity index (χ3n) is 1.95. The normalized spacial score (nSPS) is 10.0. The monoisotopic (exact) mass is 230 g/mol. The Morgan fingerprint density at radius 3 is 2.44 bits per heavy atom. The Bertz CT molecular complexity index is 459. The van der Waals surface area contributed by atoms with E-state index in [1.165, 1.54) is 11.8 Å². The van der Waals surface area contributed by atoms with Gasteiger partial charge in [0.15, 0.2) is 0 Å². The molecule has 0 saturated heterocycles. The third-order valence-corrected chi connectivity index (χ3v) is 2.86. The van der Waals surface area contributed by atoms with Crippen molar-refractivity contribution in [2.75, 3.05) is 0 Å². The highest BCUT2D eigenvalue weighted by Gasteiger charge is 2.07. The highest BCUT2D eigenvalue weighted by Crippen LogP contribution is 2.14. The highest BCUT2D eigenvalue weighted by atomic mass is 32.2. The summed E-state index contributed by atoms with van der Waals surface area (Å²) in [4.78, 5) is 19.8. The van der Waals surface area contributed by atoms with Gasteiger partial charge in [0.1, 0.15) is 5.69 Å². The number of hydrogen-bond donors (Lipinski definition) is 0. The Balaban J connectivity index is 1.95. The van der Waals surface area contributed by atoms with Gasteiger partial charge in [-0.1, -0.05) is 23.9 Å². The molecule has 0 unspecified atom stereocenters. The van der Waals surface area contributed by atoms with E-state index in [0.29, 0.717) is 11.4 Å². The molecule has 0 fully saturated rings. The summed E-state index contributed by atoms with van der Waals surface area (Å²) >= 11 is 1.22. The Kier molecular flexibility index (Phi) is 3.66. The molecule has 0 spiro atoms. The maximum atomic E-state index is 11.7. The molecule has 2 aromatic heterocycles. The van der Waals surface area contributed by atoms with Gasteiger partial charge in [-0.15, -0.1) is 0 Å². The van der Waals surface area contributed by atoms with Crippen molar-refractivity contribution in [2.45, 2.75) is 5.75 Å². The summed E-state index contributed by atoms with van der Waals surface area (Å²) in [6.07, 6.45) is 3.34. The van der Waals surface area contributed by atoms with Crippen LogP contribution in [0.3, 0.4) is 0 Å². The molecule has 16 heavy (non-hydrogen) atoms. The minimum Gasteiger partial charge on any atom is -0.280 e. The number of thioether (sulfide) groups is 1. The summed E-state index contributed by atoms with van der Waals surface area (Å²) in [7, 11) is 0. The number of carbonyl (C=O) groups is 1. The van der Waals surface area contributed by atoms with Crippen molar-refractivity contribution < 1.29 is 4.79 Å². The predicted molar refractivity (Wildman–Crippen MR) is 64.1 cm³/mol. The quantitative estimate of drug-likeness (QED) is 0.812. The zero-order valence-corrected chi connectivity index (χ0v) is 9.35. The van der Waals surface area contributed by atoms with Crippen LogP contribution in [0, 0.1) is 0 Å². The molecule has 2 rings (SSSR count). The van der Waals surface area contributed by atoms with E-state index in [1.807, 2.05) is 24.3 Å². The number of hydrogen-bond acceptors (Lipinski definition) is 4. The first-order valence-corrected chi connectivity index (χ1v) is 5.83. The molecular formula is C12H10N2OS. The molecule has 80 valence electrons. The zero-order chi connectivity index (χ0) is 11.2. The summed E-state index contributed by atoms with van der Waals surface area (Å²) in [5.74, 6) is 0.580. The second kappa shape index (κ2) is 5.42. The Morgan fingerprint density at radius 1 is 1.06 bits per heavy atom. The van der Waals surface area contributed by atoms with E-state index >= 15 is 0 Å². The van der Waals surface area contributed by atoms with Gasteiger partial charge in [0.05, 0.1) is 5.69 Å². The van der Waals surface area contributed by atoms with Crippen molar-refractivity contribution in [3.8, 4) is 0 Å². The lowest BCUT2D eigenvalue weighted by molar-refractivity contribution is 0.108. The molecule has 0 aliphatic rings. The van der Waals surface area contributed by atoms with Crippen LogP contribution in [0.5, 0.6) is 0 Å². The Morgan fingerprint density at radius 2 is 1.81 bits per heavy atom. The topological polar surface area (TPSA) is 42.9 Å². The second-order valence-electron chi connectivity index (χ2n) is 3.11. The van der Waals surface area contributed by atoms with Gasteiger partial charge in [-0.2, -0.15) is 0 Å². The summed E-state index contributed by atoms with van der Waals surface area (Å²) in [6.45, 7) is 0. The van der Waals surface area contributed by atoms with Crippen molar-refractivity contribution in [3.05, 3.63) is 60.2 Å². The van der Waals surface area contributed by atoms with Gasteiger partial charge in [-0.3, -0.25) is 14.8 Å². The average Bonchev–Trinajstić information content (AvgIpc) is 2.38. The smallest absolute Gasteiger partial charge is 0.238 e. The van der Waals surface area contributed by atoms with Crippen LogP contribution < -0.4 is 0 Å². The van der Waals surface area contributed by atoms with Crippen molar-refractivity contribution in [1.82, 2.24) is 9.97 Å². The molecule has 4 heteroatoms. The molecule has 0 aliphatic heterocycles. The molecule has 0 radical (unpaired) electrons. The number of nitrogens with zero attached hydrogens (tertiary/aromatic N) is 2. The first-order valence-electron chi connectivity index (χ1n) is 4.84. The van der Waals surface area contributed by atoms with Crippen LogP contribution in [0.4, 0.5) is 0 Å². The lowest BCUT2D eigenvalue weighted by Gasteiger charge is -1.99. The molecule has 2 heterocycles. The number of rotatable bonds is 3. The van der Waals surface area contributed by atoms with Gasteiger partial charge in [0.2, 0.25) is 5.12 Å². The summed E-state index contributed by atoms with van der Waals surface area (Å²) < 4.78 is 0. The Hall–Kier alpha value is -1.68. The SMILES string of the molecule is O=C(SCc1ccccn1)c1ccccn1. The van der Waals surface area contributed by atoms with E-state index in [2.05, 4.69) is 9.97 Å². The predicted octanol–water partition coefficient (Wildman–Crippen LogP) is 2.55. The maximum absolute atomic E-state index is 11.7. The molecule has 0 aromatic carbocycles. The van der Waals surface area contributed by atoms with E-state index in [9.17, 15) is 4.79 Å². The van der Waals surface area contributed by atoms with Crippen LogP contribution in [0.1, 0.15) is 16.2 Å². The zero-order valence-electron chi connectivity index (χ0n) is 8.54. The van der Waals surface area contributed by atoms with Crippen molar-refractivity contribution in [2.24, 2.45) is 0 Å². The molecule has 0 N–H and O–H groups in total. The molecule has 0 aliphatic carbocycles. The second-order valence-corrected chi connectivity index (χ2v) is 4.06. The van der Waals surface area contributed by atoms with Gasteiger partial charge < -0.3 is 0 Å². The lowest BCUT2D eigenvalue weighted by Crippen LogP contribution is -1.97. The van der Waals surface area contributed by atoms with Crippen LogP contribution in [0.15, 0.2) is 48.8 Å². The van der Waals surface area contributed by atoms with Crippen LogP contribution in [0.25, 0.3) is 0 Å². The minimum atomic E-state index is -0.0220. The average molecular weight is 230 g/mol. The minimum absolute atomic E-state index is 0.0220. The van der Waals surface area contributed by atoms with E-state index in [-0.39, 0.29) is 5.12 Å². The summed E-state index contributed by atoms with van der Waals surface area (Å²) in [5, 5.41) is -0.0220. The highest BCUT2D eigenvalue weighted by molar-refractivity contribution is 8.13. The number of carbonyl (C=O) groups excluding carboxylic acids is 1. The Labute approximate surface area is 97.9 Å². The number of pyridine rings is 2. The first kappa shape index (κ1) is 10.8. The van der Waals surface area contributed by atoms with Crippen molar-refractivity contribution in [3.63, 3.8) is 0 Å².